The van der Waals surface area contributed by atoms with E-state index < -0.39 is 22.2 Å². The maximum absolute atomic E-state index is 12.6. The molecule has 2 fully saturated rings. The van der Waals surface area contributed by atoms with Crippen molar-refractivity contribution in [1.29, 1.82) is 0 Å². The molecule has 174 valence electrons. The van der Waals surface area contributed by atoms with Gasteiger partial charge in [-0.2, -0.15) is 17.5 Å². The number of piperidine rings is 1. The average molecular weight is 467 g/mol. The van der Waals surface area contributed by atoms with E-state index in [1.54, 1.807) is 11.0 Å². The van der Waals surface area contributed by atoms with Crippen molar-refractivity contribution >= 4 is 21.9 Å². The molecule has 3 heterocycles. The lowest BCUT2D eigenvalue weighted by atomic mass is 9.93. The highest BCUT2D eigenvalue weighted by Crippen LogP contribution is 2.26. The molecule has 2 atom stereocenters. The van der Waals surface area contributed by atoms with Crippen molar-refractivity contribution < 1.29 is 41.0 Å². The third-order valence-electron chi connectivity index (χ3n) is 4.91. The number of aryl methyl sites for hydroxylation is 1. The first kappa shape index (κ1) is 25.0. The Morgan fingerprint density at radius 3 is 2.42 bits per heavy atom. The van der Waals surface area contributed by atoms with E-state index in [2.05, 4.69) is 4.98 Å². The summed E-state index contributed by atoms with van der Waals surface area (Å²) in [6, 6.07) is 5.41. The lowest BCUT2D eigenvalue weighted by Crippen LogP contribution is -2.49. The molecular formula is C18H24F3N3O6S. The molecule has 0 bridgehead atoms. The fourth-order valence-corrected chi connectivity index (χ4v) is 4.20. The summed E-state index contributed by atoms with van der Waals surface area (Å²) in [5.41, 5.74) is 1.25. The van der Waals surface area contributed by atoms with E-state index in [0.717, 1.165) is 12.1 Å². The van der Waals surface area contributed by atoms with Crippen molar-refractivity contribution in [1.82, 2.24) is 14.2 Å². The van der Waals surface area contributed by atoms with Gasteiger partial charge in [0.15, 0.2) is 0 Å². The first-order valence-electron chi connectivity index (χ1n) is 9.39. The number of pyridine rings is 1. The lowest BCUT2D eigenvalue weighted by Gasteiger charge is -2.37. The van der Waals surface area contributed by atoms with Crippen molar-refractivity contribution in [2.75, 3.05) is 39.0 Å². The average Bonchev–Trinajstić information content (AvgIpc) is 2.89. The van der Waals surface area contributed by atoms with Crippen LogP contribution in [0, 0.1) is 12.8 Å². The van der Waals surface area contributed by atoms with Gasteiger partial charge in [-0.05, 0) is 25.5 Å². The molecule has 0 radical (unpaired) electrons. The van der Waals surface area contributed by atoms with Crippen LogP contribution in [-0.4, -0.2) is 90.9 Å². The van der Waals surface area contributed by atoms with E-state index in [1.807, 2.05) is 19.1 Å². The summed E-state index contributed by atoms with van der Waals surface area (Å²) in [4.78, 5) is 27.6. The van der Waals surface area contributed by atoms with E-state index in [-0.39, 0.29) is 17.9 Å². The summed E-state index contributed by atoms with van der Waals surface area (Å²) in [5, 5.41) is 7.12. The van der Waals surface area contributed by atoms with Crippen LogP contribution in [0.25, 0.3) is 0 Å². The Balaban J connectivity index is 0.000000423. The molecule has 9 nitrogen and oxygen atoms in total. The predicted molar refractivity (Wildman–Crippen MR) is 103 cm³/mol. The van der Waals surface area contributed by atoms with Crippen LogP contribution in [0.5, 0.6) is 0 Å². The highest BCUT2D eigenvalue weighted by Gasteiger charge is 2.38. The standard InChI is InChI=1S/C16H23N3O4S.C2HF3O2/c1-12-4-3-5-14(17-12)16(20)18-7-6-13-10-19(24(2,21)22)8-9-23-15(13)11-18;3-2(4,5)1(6)7/h3-5,13,15H,6-11H2,1-2H3;(H,6,7)/t13-,15-;/m1./s1. The SMILES string of the molecule is Cc1cccc(C(=O)N2CC[C@@H]3CN(S(C)(=O)=O)CCO[C@@H]3C2)n1.O=C(O)C(F)(F)F. The molecular weight excluding hydrogens is 443 g/mol. The number of carboxylic acid groups (broad SMARTS) is 1. The number of likely N-dealkylation sites (tertiary alicyclic amines) is 1. The highest BCUT2D eigenvalue weighted by molar-refractivity contribution is 7.88. The zero-order valence-corrected chi connectivity index (χ0v) is 17.8. The number of hydrogen-bond donors (Lipinski definition) is 1. The lowest BCUT2D eigenvalue weighted by molar-refractivity contribution is -0.192. The van der Waals surface area contributed by atoms with Crippen LogP contribution in [0.3, 0.4) is 0 Å². The van der Waals surface area contributed by atoms with Crippen molar-refractivity contribution in [2.24, 2.45) is 5.92 Å². The number of halogens is 3. The number of ether oxygens (including phenoxy) is 1. The maximum Gasteiger partial charge on any atom is 0.490 e. The van der Waals surface area contributed by atoms with Crippen LogP contribution in [0.4, 0.5) is 13.2 Å². The minimum atomic E-state index is -5.08. The number of amides is 1. The summed E-state index contributed by atoms with van der Waals surface area (Å²) in [5.74, 6) is -2.73. The smallest absolute Gasteiger partial charge is 0.475 e. The number of nitrogens with zero attached hydrogens (tertiary/aromatic N) is 3. The molecule has 0 unspecified atom stereocenters. The Morgan fingerprint density at radius 2 is 1.87 bits per heavy atom. The molecule has 1 aromatic heterocycles. The number of rotatable bonds is 2. The summed E-state index contributed by atoms with van der Waals surface area (Å²) in [7, 11) is -3.21. The fourth-order valence-electron chi connectivity index (χ4n) is 3.33. The zero-order chi connectivity index (χ0) is 23.4. The minimum absolute atomic E-state index is 0.0926. The number of hydrogen-bond acceptors (Lipinski definition) is 6. The predicted octanol–water partition coefficient (Wildman–Crippen LogP) is 1.15. The third-order valence-corrected chi connectivity index (χ3v) is 6.18. The number of aliphatic carboxylic acids is 1. The summed E-state index contributed by atoms with van der Waals surface area (Å²) < 4.78 is 62.7. The first-order chi connectivity index (χ1) is 14.3. The Bertz CT molecular complexity index is 909. The van der Waals surface area contributed by atoms with Gasteiger partial charge in [-0.15, -0.1) is 0 Å². The molecule has 13 heteroatoms. The van der Waals surface area contributed by atoms with Gasteiger partial charge in [-0.3, -0.25) is 4.79 Å². The normalized spacial score (nSPS) is 22.5. The Kier molecular flexibility index (Phi) is 8.00. The van der Waals surface area contributed by atoms with E-state index in [1.165, 1.54) is 10.6 Å². The maximum atomic E-state index is 12.6. The van der Waals surface area contributed by atoms with Crippen molar-refractivity contribution in [2.45, 2.75) is 25.6 Å². The quantitative estimate of drug-likeness (QED) is 0.693. The Morgan fingerprint density at radius 1 is 1.23 bits per heavy atom. The minimum Gasteiger partial charge on any atom is -0.475 e. The van der Waals surface area contributed by atoms with Gasteiger partial charge in [-0.25, -0.2) is 18.2 Å². The molecule has 3 rings (SSSR count). The number of aromatic nitrogens is 1. The Labute approximate surface area is 177 Å². The molecule has 2 aliphatic heterocycles. The van der Waals surface area contributed by atoms with Crippen molar-refractivity contribution in [3.63, 3.8) is 0 Å². The molecule has 1 aromatic rings. The highest BCUT2D eigenvalue weighted by atomic mass is 32.2. The van der Waals surface area contributed by atoms with Gasteiger partial charge in [0.25, 0.3) is 5.91 Å². The van der Waals surface area contributed by atoms with Gasteiger partial charge in [0, 0.05) is 37.8 Å². The van der Waals surface area contributed by atoms with E-state index in [4.69, 9.17) is 14.6 Å². The second-order valence-corrected chi connectivity index (χ2v) is 9.28. The van der Waals surface area contributed by atoms with Crippen LogP contribution in [-0.2, 0) is 19.6 Å². The number of sulfonamides is 1. The van der Waals surface area contributed by atoms with E-state index in [9.17, 15) is 26.4 Å². The van der Waals surface area contributed by atoms with Crippen LogP contribution >= 0.6 is 0 Å². The molecule has 1 amide bonds. The van der Waals surface area contributed by atoms with Gasteiger partial charge < -0.3 is 14.7 Å². The number of carbonyl (C=O) groups excluding carboxylic acids is 1. The van der Waals surface area contributed by atoms with Crippen LogP contribution in [0.2, 0.25) is 0 Å². The third kappa shape index (κ3) is 7.14. The summed E-state index contributed by atoms with van der Waals surface area (Å²) >= 11 is 0. The Hall–Kier alpha value is -2.25. The van der Waals surface area contributed by atoms with E-state index in [0.29, 0.717) is 38.5 Å². The molecule has 2 saturated heterocycles. The topological polar surface area (TPSA) is 117 Å². The van der Waals surface area contributed by atoms with E-state index >= 15 is 0 Å². The zero-order valence-electron chi connectivity index (χ0n) is 17.0. The second kappa shape index (κ2) is 9.92. The fraction of sp³-hybridized carbons (Fsp3) is 0.611. The second-order valence-electron chi connectivity index (χ2n) is 7.30. The van der Waals surface area contributed by atoms with Crippen LogP contribution in [0.15, 0.2) is 18.2 Å². The molecule has 0 spiro atoms. The molecule has 1 N–H and O–H groups in total. The number of carbonyl (C=O) groups is 2. The molecule has 31 heavy (non-hydrogen) atoms. The molecule has 0 aliphatic carbocycles. The van der Waals surface area contributed by atoms with Crippen molar-refractivity contribution in [3.05, 3.63) is 29.6 Å². The van der Waals surface area contributed by atoms with Gasteiger partial charge in [0.2, 0.25) is 10.0 Å². The number of alkyl halides is 3. The molecule has 2 aliphatic rings. The summed E-state index contributed by atoms with van der Waals surface area (Å²) in [6.07, 6.45) is -3.25. The van der Waals surface area contributed by atoms with Crippen molar-refractivity contribution in [3.8, 4) is 0 Å². The largest absolute Gasteiger partial charge is 0.490 e. The molecule has 0 saturated carbocycles. The summed E-state index contributed by atoms with van der Waals surface area (Å²) in [6.45, 7) is 4.14. The number of fused-ring (bicyclic) bond motifs is 1. The van der Waals surface area contributed by atoms with Gasteiger partial charge in [0.1, 0.15) is 5.69 Å². The molecule has 0 aromatic carbocycles. The van der Waals surface area contributed by atoms with Gasteiger partial charge in [0.05, 0.1) is 19.0 Å². The monoisotopic (exact) mass is 467 g/mol. The van der Waals surface area contributed by atoms with Gasteiger partial charge >= 0.3 is 12.1 Å². The van der Waals surface area contributed by atoms with Crippen LogP contribution < -0.4 is 0 Å². The first-order valence-corrected chi connectivity index (χ1v) is 11.2. The van der Waals surface area contributed by atoms with Gasteiger partial charge in [-0.1, -0.05) is 6.07 Å². The number of carboxylic acids is 1. The van der Waals surface area contributed by atoms with Crippen LogP contribution in [0.1, 0.15) is 22.6 Å².